The SMILES string of the molecule is CCc1cnc(CCNC(=NC)NC2CCc3nc(C(C)C)nn3C2)s1. The summed E-state index contributed by atoms with van der Waals surface area (Å²) in [5, 5.41) is 12.7. The van der Waals surface area contributed by atoms with Crippen molar-refractivity contribution in [2.75, 3.05) is 13.6 Å². The molecule has 0 amide bonds. The lowest BCUT2D eigenvalue weighted by Gasteiger charge is -2.25. The summed E-state index contributed by atoms with van der Waals surface area (Å²) in [6.07, 6.45) is 5.95. The first-order valence-corrected chi connectivity index (χ1v) is 10.2. The average molecular weight is 376 g/mol. The highest BCUT2D eigenvalue weighted by Crippen LogP contribution is 2.17. The second kappa shape index (κ2) is 8.62. The van der Waals surface area contributed by atoms with Gasteiger partial charge in [-0.1, -0.05) is 20.8 Å². The normalized spacial score (nSPS) is 17.4. The number of aryl methyl sites for hydroxylation is 2. The van der Waals surface area contributed by atoms with Gasteiger partial charge in [-0.25, -0.2) is 14.6 Å². The lowest BCUT2D eigenvalue weighted by molar-refractivity contribution is 0.391. The quantitative estimate of drug-likeness (QED) is 0.597. The zero-order chi connectivity index (χ0) is 18.5. The van der Waals surface area contributed by atoms with Crippen LogP contribution in [-0.2, 0) is 25.8 Å². The molecule has 0 fully saturated rings. The van der Waals surface area contributed by atoms with Crippen LogP contribution in [0, 0.1) is 0 Å². The molecule has 0 spiro atoms. The Morgan fingerprint density at radius 3 is 3.00 bits per heavy atom. The molecule has 26 heavy (non-hydrogen) atoms. The Bertz CT molecular complexity index is 747. The van der Waals surface area contributed by atoms with Crippen molar-refractivity contribution in [2.45, 2.75) is 65.0 Å². The molecule has 0 saturated heterocycles. The predicted octanol–water partition coefficient (Wildman–Crippen LogP) is 2.14. The lowest BCUT2D eigenvalue weighted by Crippen LogP contribution is -2.47. The van der Waals surface area contributed by atoms with Crippen LogP contribution in [0.15, 0.2) is 11.2 Å². The van der Waals surface area contributed by atoms with Gasteiger partial charge in [-0.05, 0) is 12.8 Å². The summed E-state index contributed by atoms with van der Waals surface area (Å²) >= 11 is 1.79. The topological polar surface area (TPSA) is 80.0 Å². The van der Waals surface area contributed by atoms with Gasteiger partial charge < -0.3 is 10.6 Å². The van der Waals surface area contributed by atoms with Gasteiger partial charge in [0.25, 0.3) is 0 Å². The van der Waals surface area contributed by atoms with E-state index in [4.69, 9.17) is 0 Å². The van der Waals surface area contributed by atoms with Gasteiger partial charge in [0.2, 0.25) is 0 Å². The molecule has 8 heteroatoms. The predicted molar refractivity (Wildman–Crippen MR) is 106 cm³/mol. The molecule has 3 heterocycles. The largest absolute Gasteiger partial charge is 0.356 e. The van der Waals surface area contributed by atoms with E-state index in [-0.39, 0.29) is 0 Å². The van der Waals surface area contributed by atoms with Crippen LogP contribution in [0.25, 0.3) is 0 Å². The zero-order valence-electron chi connectivity index (χ0n) is 16.1. The monoisotopic (exact) mass is 375 g/mol. The van der Waals surface area contributed by atoms with Crippen molar-refractivity contribution in [3.63, 3.8) is 0 Å². The van der Waals surface area contributed by atoms with Gasteiger partial charge in [-0.3, -0.25) is 4.99 Å². The lowest BCUT2D eigenvalue weighted by atomic mass is 10.1. The smallest absolute Gasteiger partial charge is 0.191 e. The number of hydrogen-bond donors (Lipinski definition) is 2. The van der Waals surface area contributed by atoms with Crippen LogP contribution in [-0.4, -0.2) is 45.3 Å². The molecule has 0 saturated carbocycles. The fourth-order valence-corrected chi connectivity index (χ4v) is 3.86. The van der Waals surface area contributed by atoms with Crippen molar-refractivity contribution in [1.82, 2.24) is 30.4 Å². The maximum Gasteiger partial charge on any atom is 0.191 e. The Labute approximate surface area is 159 Å². The summed E-state index contributed by atoms with van der Waals surface area (Å²) in [6, 6.07) is 0.321. The summed E-state index contributed by atoms with van der Waals surface area (Å²) in [7, 11) is 1.81. The molecule has 1 unspecified atom stereocenters. The van der Waals surface area contributed by atoms with E-state index in [1.165, 1.54) is 9.88 Å². The molecular weight excluding hydrogens is 346 g/mol. The second-order valence-electron chi connectivity index (χ2n) is 6.93. The Morgan fingerprint density at radius 1 is 1.46 bits per heavy atom. The van der Waals surface area contributed by atoms with E-state index in [1.54, 1.807) is 11.3 Å². The molecule has 142 valence electrons. The average Bonchev–Trinajstić information content (AvgIpc) is 3.27. The molecule has 2 aromatic rings. The standard InChI is InChI=1S/C18H29N7S/c1-5-14-10-21-16(26-14)8-9-20-18(19-4)22-13-6-7-15-23-17(12(2)3)24-25(15)11-13/h10,12-13H,5-9,11H2,1-4H3,(H2,19,20,22). The molecule has 0 aromatic carbocycles. The summed E-state index contributed by atoms with van der Waals surface area (Å²) < 4.78 is 2.05. The van der Waals surface area contributed by atoms with Gasteiger partial charge >= 0.3 is 0 Å². The van der Waals surface area contributed by atoms with E-state index in [0.29, 0.717) is 12.0 Å². The first-order chi connectivity index (χ1) is 12.6. The van der Waals surface area contributed by atoms with Crippen LogP contribution in [0.4, 0.5) is 0 Å². The number of rotatable bonds is 6. The molecule has 1 aliphatic rings. The Morgan fingerprint density at radius 2 is 2.31 bits per heavy atom. The second-order valence-corrected chi connectivity index (χ2v) is 8.13. The number of thiazole rings is 1. The molecule has 3 rings (SSSR count). The zero-order valence-corrected chi connectivity index (χ0v) is 16.9. The van der Waals surface area contributed by atoms with Crippen molar-refractivity contribution >= 4 is 17.3 Å². The molecule has 2 aromatic heterocycles. The Balaban J connectivity index is 1.49. The third-order valence-corrected chi connectivity index (χ3v) is 5.74. The number of aliphatic imine (C=N–C) groups is 1. The van der Waals surface area contributed by atoms with E-state index in [2.05, 4.69) is 51.5 Å². The maximum absolute atomic E-state index is 4.65. The number of guanidine groups is 1. The van der Waals surface area contributed by atoms with E-state index in [0.717, 1.165) is 56.4 Å². The van der Waals surface area contributed by atoms with E-state index in [1.807, 2.05) is 17.9 Å². The van der Waals surface area contributed by atoms with Crippen LogP contribution < -0.4 is 10.6 Å². The molecule has 0 radical (unpaired) electrons. The highest BCUT2D eigenvalue weighted by molar-refractivity contribution is 7.11. The first kappa shape index (κ1) is 18.8. The third kappa shape index (κ3) is 4.60. The Kier molecular flexibility index (Phi) is 6.24. The van der Waals surface area contributed by atoms with Crippen molar-refractivity contribution in [1.29, 1.82) is 0 Å². The highest BCUT2D eigenvalue weighted by atomic mass is 32.1. The van der Waals surface area contributed by atoms with Gasteiger partial charge in [-0.2, -0.15) is 5.10 Å². The third-order valence-electron chi connectivity index (χ3n) is 4.54. The minimum atomic E-state index is 0.321. The minimum absolute atomic E-state index is 0.321. The van der Waals surface area contributed by atoms with Crippen LogP contribution in [0.1, 0.15) is 54.6 Å². The Hall–Kier alpha value is -1.96. The fraction of sp³-hybridized carbons (Fsp3) is 0.667. The molecule has 0 aliphatic carbocycles. The number of fused-ring (bicyclic) bond motifs is 1. The van der Waals surface area contributed by atoms with Crippen LogP contribution in [0.2, 0.25) is 0 Å². The van der Waals surface area contributed by atoms with Gasteiger partial charge in [0.15, 0.2) is 11.8 Å². The van der Waals surface area contributed by atoms with Gasteiger partial charge in [0.05, 0.1) is 11.6 Å². The van der Waals surface area contributed by atoms with Crippen LogP contribution in [0.3, 0.4) is 0 Å². The van der Waals surface area contributed by atoms with Crippen molar-refractivity contribution < 1.29 is 0 Å². The van der Waals surface area contributed by atoms with Crippen LogP contribution >= 0.6 is 11.3 Å². The minimum Gasteiger partial charge on any atom is -0.356 e. The summed E-state index contributed by atoms with van der Waals surface area (Å²) in [4.78, 5) is 14.8. The van der Waals surface area contributed by atoms with Gasteiger partial charge in [-0.15, -0.1) is 11.3 Å². The van der Waals surface area contributed by atoms with Crippen LogP contribution in [0.5, 0.6) is 0 Å². The molecule has 1 aliphatic heterocycles. The van der Waals surface area contributed by atoms with E-state index < -0.39 is 0 Å². The molecule has 7 nitrogen and oxygen atoms in total. The fourth-order valence-electron chi connectivity index (χ4n) is 2.99. The number of nitrogens with one attached hydrogen (secondary N) is 2. The van der Waals surface area contributed by atoms with Crippen molar-refractivity contribution in [3.05, 3.63) is 27.7 Å². The summed E-state index contributed by atoms with van der Waals surface area (Å²) in [5.41, 5.74) is 0. The summed E-state index contributed by atoms with van der Waals surface area (Å²) in [6.45, 7) is 8.09. The van der Waals surface area contributed by atoms with Crippen molar-refractivity contribution in [2.24, 2.45) is 4.99 Å². The maximum atomic E-state index is 4.65. The summed E-state index contributed by atoms with van der Waals surface area (Å²) in [5.74, 6) is 3.26. The highest BCUT2D eigenvalue weighted by Gasteiger charge is 2.23. The number of aromatic nitrogens is 4. The first-order valence-electron chi connectivity index (χ1n) is 9.43. The molecule has 2 N–H and O–H groups in total. The van der Waals surface area contributed by atoms with Gasteiger partial charge in [0.1, 0.15) is 5.82 Å². The van der Waals surface area contributed by atoms with Crippen molar-refractivity contribution in [3.8, 4) is 0 Å². The van der Waals surface area contributed by atoms with E-state index >= 15 is 0 Å². The van der Waals surface area contributed by atoms with Gasteiger partial charge in [0, 0.05) is 49.5 Å². The molecule has 1 atom stereocenters. The molecule has 0 bridgehead atoms. The number of hydrogen-bond acceptors (Lipinski definition) is 5. The molecular formula is C18H29N7S. The number of nitrogens with zero attached hydrogens (tertiary/aromatic N) is 5. The van der Waals surface area contributed by atoms with E-state index in [9.17, 15) is 0 Å².